The summed E-state index contributed by atoms with van der Waals surface area (Å²) in [5.74, 6) is -0.987. The Balaban J connectivity index is 1.83. The largest absolute Gasteiger partial charge is 0.462 e. The molecular weight excluding hydrogens is 901 g/mol. The highest BCUT2D eigenvalue weighted by Gasteiger charge is 2.47. The number of carbonyl (C=O) groups excluding carboxylic acids is 2. The third-order valence-corrected chi connectivity index (χ3v) is 11.9. The number of aliphatic hydroxyl groups excluding tert-OH is 7. The molecule has 0 aliphatic carbocycles. The van der Waals surface area contributed by atoms with E-state index in [4.69, 9.17) is 28.4 Å². The minimum atomic E-state index is -1.78. The van der Waals surface area contributed by atoms with E-state index in [-0.39, 0.29) is 19.4 Å². The molecule has 2 heterocycles. The molecule has 0 amide bonds. The van der Waals surface area contributed by atoms with Gasteiger partial charge in [-0.15, -0.1) is 0 Å². The van der Waals surface area contributed by atoms with E-state index in [1.807, 2.05) is 0 Å². The van der Waals surface area contributed by atoms with Crippen LogP contribution in [0.5, 0.6) is 0 Å². The fourth-order valence-corrected chi connectivity index (χ4v) is 7.57. The lowest BCUT2D eigenvalue weighted by molar-refractivity contribution is -0.332. The van der Waals surface area contributed by atoms with Gasteiger partial charge in [-0.25, -0.2) is 0 Å². The Hall–Kier alpha value is -3.32. The van der Waals surface area contributed by atoms with Gasteiger partial charge in [0.25, 0.3) is 0 Å². The van der Waals surface area contributed by atoms with Crippen LogP contribution in [-0.4, -0.2) is 142 Å². The molecule has 4 unspecified atom stereocenters. The molecule has 11 atom stereocenters. The average Bonchev–Trinajstić information content (AvgIpc) is 3.35. The molecule has 15 heteroatoms. The van der Waals surface area contributed by atoms with E-state index in [1.165, 1.54) is 19.3 Å². The summed E-state index contributed by atoms with van der Waals surface area (Å²) in [6.45, 7) is 2.38. The summed E-state index contributed by atoms with van der Waals surface area (Å²) in [4.78, 5) is 25.8. The van der Waals surface area contributed by atoms with Crippen molar-refractivity contribution in [2.45, 2.75) is 223 Å². The number of unbranched alkanes of at least 4 members (excludes halogenated alkanes) is 11. The van der Waals surface area contributed by atoms with Crippen molar-refractivity contribution >= 4 is 11.9 Å². The van der Waals surface area contributed by atoms with Crippen LogP contribution in [0.4, 0.5) is 0 Å². The summed E-state index contributed by atoms with van der Waals surface area (Å²) in [6.07, 6.45) is 33.2. The number of rotatable bonds is 39. The van der Waals surface area contributed by atoms with E-state index in [2.05, 4.69) is 98.9 Å². The lowest BCUT2D eigenvalue weighted by Crippen LogP contribution is -2.61. The molecule has 0 bridgehead atoms. The molecule has 7 N–H and O–H groups in total. The molecule has 0 spiro atoms. The molecule has 2 aliphatic heterocycles. The second-order valence-corrected chi connectivity index (χ2v) is 18.0. The maximum absolute atomic E-state index is 13.0. The highest BCUT2D eigenvalue weighted by molar-refractivity contribution is 5.70. The zero-order valence-electron chi connectivity index (χ0n) is 42.2. The van der Waals surface area contributed by atoms with Crippen LogP contribution in [0.1, 0.15) is 155 Å². The van der Waals surface area contributed by atoms with Gasteiger partial charge in [0.1, 0.15) is 55.4 Å². The first-order valence-corrected chi connectivity index (χ1v) is 26.2. The number of hydrogen-bond acceptors (Lipinski definition) is 15. The van der Waals surface area contributed by atoms with Crippen molar-refractivity contribution in [2.24, 2.45) is 0 Å². The smallest absolute Gasteiger partial charge is 0.306 e. The Morgan fingerprint density at radius 2 is 0.900 bits per heavy atom. The Kier molecular flexibility index (Phi) is 36.9. The van der Waals surface area contributed by atoms with Crippen molar-refractivity contribution in [3.8, 4) is 0 Å². The van der Waals surface area contributed by atoms with Crippen molar-refractivity contribution in [3.05, 3.63) is 85.1 Å². The maximum Gasteiger partial charge on any atom is 0.306 e. The molecule has 0 aromatic rings. The maximum atomic E-state index is 13.0. The standard InChI is InChI=1S/C55H90O15/c1-3-5-7-9-11-13-15-17-19-20-21-22-24-26-28-30-32-34-36-38-47(58)68-43(40-65-46(57)37-35-33-31-29-27-25-23-18-16-14-12-10-8-6-4-2)41-66-54-53(64)51(62)49(60)45(70-54)42-67-55-52(63)50(61)48(59)44(39-56)69-55/h5,7,11-14,17-19,21-23,26,28,43-45,48-56,59-64H,3-4,6,8-10,15-16,20,24-25,27,29-42H2,1-2H3/b7-5+,13-11+,14-12+,19-17+,22-21+,23-18+,28-26+/t43-,44+,45+,48-,49-,50?,51?,52?,53?,54+,55+/m1/s1. The Labute approximate surface area is 418 Å². The number of allylic oxidation sites excluding steroid dienone is 14. The van der Waals surface area contributed by atoms with Gasteiger partial charge in [-0.05, 0) is 89.9 Å². The van der Waals surface area contributed by atoms with Crippen LogP contribution < -0.4 is 0 Å². The first-order chi connectivity index (χ1) is 34.0. The molecule has 0 aromatic heterocycles. The zero-order valence-corrected chi connectivity index (χ0v) is 42.2. The highest BCUT2D eigenvalue weighted by Crippen LogP contribution is 2.26. The van der Waals surface area contributed by atoms with Gasteiger partial charge in [-0.1, -0.05) is 137 Å². The van der Waals surface area contributed by atoms with Gasteiger partial charge in [0, 0.05) is 12.8 Å². The topological polar surface area (TPSA) is 231 Å². The average molecular weight is 991 g/mol. The first kappa shape index (κ1) is 62.8. The summed E-state index contributed by atoms with van der Waals surface area (Å²) < 4.78 is 33.5. The molecule has 2 aliphatic rings. The molecule has 2 saturated heterocycles. The van der Waals surface area contributed by atoms with Gasteiger partial charge in [0.15, 0.2) is 18.7 Å². The van der Waals surface area contributed by atoms with Gasteiger partial charge in [-0.3, -0.25) is 9.59 Å². The van der Waals surface area contributed by atoms with Gasteiger partial charge >= 0.3 is 11.9 Å². The molecule has 0 saturated carbocycles. The zero-order chi connectivity index (χ0) is 51.0. The third kappa shape index (κ3) is 28.7. The minimum absolute atomic E-state index is 0.118. The SMILES string of the molecule is CC/C=C/C/C=C/C/C=C/C/C=C/C/C=C/CCCCCC(=O)O[C@H](COC(=O)CCCCCCC/C=C/C/C=C/CCCCC)CO[C@H]1O[C@@H](CO[C@H]2O[C@@H](CO)[C@@H](O)C(O)C2O)[C@@H](O)C(O)C1O. The normalized spacial score (nSPS) is 26.1. The molecule has 70 heavy (non-hydrogen) atoms. The van der Waals surface area contributed by atoms with Gasteiger partial charge in [-0.2, -0.15) is 0 Å². The van der Waals surface area contributed by atoms with Crippen molar-refractivity contribution in [1.29, 1.82) is 0 Å². The molecule has 2 rings (SSSR count). The molecule has 15 nitrogen and oxygen atoms in total. The Morgan fingerprint density at radius 1 is 0.471 bits per heavy atom. The minimum Gasteiger partial charge on any atom is -0.462 e. The first-order valence-electron chi connectivity index (χ1n) is 26.2. The lowest BCUT2D eigenvalue weighted by Gasteiger charge is -2.42. The quantitative estimate of drug-likeness (QED) is 0.0179. The Morgan fingerprint density at radius 3 is 1.43 bits per heavy atom. The van der Waals surface area contributed by atoms with E-state index in [0.717, 1.165) is 96.3 Å². The lowest BCUT2D eigenvalue weighted by atomic mass is 9.98. The molecule has 0 radical (unpaired) electrons. The number of aliphatic hydroxyl groups is 7. The summed E-state index contributed by atoms with van der Waals surface area (Å²) >= 11 is 0. The third-order valence-electron chi connectivity index (χ3n) is 11.9. The van der Waals surface area contributed by atoms with Crippen LogP contribution in [-0.2, 0) is 38.0 Å². The molecular formula is C55H90O15. The van der Waals surface area contributed by atoms with Crippen molar-refractivity contribution < 1.29 is 73.8 Å². The molecule has 2 fully saturated rings. The Bertz CT molecular complexity index is 1540. The monoisotopic (exact) mass is 991 g/mol. The second-order valence-electron chi connectivity index (χ2n) is 18.0. The molecule has 0 aromatic carbocycles. The number of esters is 2. The number of carbonyl (C=O) groups is 2. The predicted octanol–water partition coefficient (Wildman–Crippen LogP) is 7.60. The van der Waals surface area contributed by atoms with Crippen molar-refractivity contribution in [1.82, 2.24) is 0 Å². The summed E-state index contributed by atoms with van der Waals surface area (Å²) in [6, 6.07) is 0. The van der Waals surface area contributed by atoms with Crippen LogP contribution in [0.2, 0.25) is 0 Å². The van der Waals surface area contributed by atoms with Gasteiger partial charge < -0.3 is 64.2 Å². The summed E-state index contributed by atoms with van der Waals surface area (Å²) in [7, 11) is 0. The van der Waals surface area contributed by atoms with Gasteiger partial charge in [0.05, 0.1) is 19.8 Å². The van der Waals surface area contributed by atoms with Crippen LogP contribution in [0.25, 0.3) is 0 Å². The van der Waals surface area contributed by atoms with E-state index >= 15 is 0 Å². The van der Waals surface area contributed by atoms with E-state index in [0.29, 0.717) is 12.8 Å². The van der Waals surface area contributed by atoms with Crippen LogP contribution in [0.15, 0.2) is 85.1 Å². The van der Waals surface area contributed by atoms with E-state index in [1.54, 1.807) is 0 Å². The van der Waals surface area contributed by atoms with Crippen LogP contribution in [0, 0.1) is 0 Å². The van der Waals surface area contributed by atoms with Crippen LogP contribution >= 0.6 is 0 Å². The van der Waals surface area contributed by atoms with E-state index < -0.39 is 99.3 Å². The van der Waals surface area contributed by atoms with Gasteiger partial charge in [0.2, 0.25) is 0 Å². The van der Waals surface area contributed by atoms with Crippen molar-refractivity contribution in [3.63, 3.8) is 0 Å². The highest BCUT2D eigenvalue weighted by atomic mass is 16.7. The second kappa shape index (κ2) is 41.2. The number of hydrogen-bond donors (Lipinski definition) is 7. The number of ether oxygens (including phenoxy) is 6. The summed E-state index contributed by atoms with van der Waals surface area (Å²) in [5, 5.41) is 72.1. The van der Waals surface area contributed by atoms with E-state index in [9.17, 15) is 45.3 Å². The fraction of sp³-hybridized carbons (Fsp3) is 0.709. The predicted molar refractivity (Wildman–Crippen MR) is 270 cm³/mol. The summed E-state index contributed by atoms with van der Waals surface area (Å²) in [5.41, 5.74) is 0. The molecule has 400 valence electrons. The van der Waals surface area contributed by atoms with Crippen LogP contribution in [0.3, 0.4) is 0 Å². The van der Waals surface area contributed by atoms with Crippen molar-refractivity contribution in [2.75, 3.05) is 26.4 Å². The fourth-order valence-electron chi connectivity index (χ4n) is 7.57.